The number of Topliss-reactive ketones (excluding diaryl/α,β-unsaturated/α-hetero) is 4. The second-order valence-electron chi connectivity index (χ2n) is 14.3. The molecule has 9 rings (SSSR count). The van der Waals surface area contributed by atoms with Crippen molar-refractivity contribution in [2.24, 2.45) is 82.9 Å². The predicted molar refractivity (Wildman–Crippen MR) is 148 cm³/mol. The Morgan fingerprint density at radius 1 is 0.550 bits per heavy atom. The van der Waals surface area contributed by atoms with Crippen LogP contribution in [0.15, 0.2) is 66.3 Å². The lowest BCUT2D eigenvalue weighted by molar-refractivity contribution is -0.156. The highest BCUT2D eigenvalue weighted by Gasteiger charge is 2.66. The summed E-state index contributed by atoms with van der Waals surface area (Å²) in [5.74, 6) is 0.120. The van der Waals surface area contributed by atoms with Crippen LogP contribution in [0.2, 0.25) is 0 Å². The number of carbonyl (C=O) groups is 4. The molecule has 0 heterocycles. The van der Waals surface area contributed by atoms with Crippen LogP contribution in [0.1, 0.15) is 37.7 Å². The molecule has 0 N–H and O–H groups in total. The number of hydrogen-bond donors (Lipinski definition) is 0. The summed E-state index contributed by atoms with van der Waals surface area (Å²) < 4.78 is 0. The number of ketones is 4. The van der Waals surface area contributed by atoms with Crippen LogP contribution >= 0.6 is 0 Å². The van der Waals surface area contributed by atoms with Gasteiger partial charge >= 0.3 is 0 Å². The largest absolute Gasteiger partial charge is 0.299 e. The SMILES string of the molecule is O=C1C2C(C(=O)[C@H]3CC=C4[C@@H](C[C@H]5C(=O)C6C(C(=O)[C@H]5[C@H]4CCc4ccccc4)[C@@H]4C=C[C@H]6C4)[C@@H]13)[C@@H]1C=C[C@H]2C1. The molecule has 1 aromatic rings. The third-order valence-corrected chi connectivity index (χ3v) is 12.9. The number of allylic oxidation sites excluding steroid dienone is 6. The minimum atomic E-state index is -0.317. The van der Waals surface area contributed by atoms with Crippen LogP contribution in [-0.4, -0.2) is 23.1 Å². The minimum Gasteiger partial charge on any atom is -0.299 e. The molecule has 40 heavy (non-hydrogen) atoms. The summed E-state index contributed by atoms with van der Waals surface area (Å²) in [6, 6.07) is 10.4. The van der Waals surface area contributed by atoms with Gasteiger partial charge in [0.05, 0.1) is 0 Å². The first-order chi connectivity index (χ1) is 19.5. The Balaban J connectivity index is 1.12. The fourth-order valence-electron chi connectivity index (χ4n) is 11.5. The second-order valence-corrected chi connectivity index (χ2v) is 14.3. The predicted octanol–water partition coefficient (Wildman–Crippen LogP) is 5.23. The van der Waals surface area contributed by atoms with E-state index in [1.165, 1.54) is 11.1 Å². The van der Waals surface area contributed by atoms with Gasteiger partial charge in [-0.3, -0.25) is 19.2 Å². The molecule has 0 amide bonds. The lowest BCUT2D eigenvalue weighted by atomic mass is 9.47. The first kappa shape index (κ1) is 23.8. The zero-order valence-electron chi connectivity index (χ0n) is 22.7. The number of benzene rings is 1. The van der Waals surface area contributed by atoms with Gasteiger partial charge in [-0.25, -0.2) is 0 Å². The van der Waals surface area contributed by atoms with Gasteiger partial charge in [0, 0.05) is 47.3 Å². The molecule has 5 saturated carbocycles. The summed E-state index contributed by atoms with van der Waals surface area (Å²) in [5.41, 5.74) is 2.47. The topological polar surface area (TPSA) is 68.3 Å². The highest BCUT2D eigenvalue weighted by molar-refractivity contribution is 6.03. The summed E-state index contributed by atoms with van der Waals surface area (Å²) >= 11 is 0. The van der Waals surface area contributed by atoms with Crippen molar-refractivity contribution in [2.45, 2.75) is 38.5 Å². The maximum atomic E-state index is 14.4. The van der Waals surface area contributed by atoms with Crippen LogP contribution < -0.4 is 0 Å². The number of aryl methyl sites for hydroxylation is 1. The molecule has 14 atom stereocenters. The van der Waals surface area contributed by atoms with E-state index in [0.29, 0.717) is 24.4 Å². The standard InChI is InChI=1S/C36H36O4/c37-33-24-13-12-22-23(11-6-17-4-2-1-3-5-17)31-26(34(38)28-19-8-10-21(15-19)30(28)35(31)39)16-25(22)32(24)36(40)29-20-9-7-18(14-20)27(29)33/h1-5,7-10,12,18-21,23-32H,6,11,13-16H2/t18-,19+,20+,21-,23+,24+,25-,26-,27?,28?,29?,30?,31+,32+/m1/s1. The molecule has 4 bridgehead atoms. The average molecular weight is 533 g/mol. The molecule has 8 aliphatic rings. The summed E-state index contributed by atoms with van der Waals surface area (Å²) in [6.07, 6.45) is 15.7. The zero-order valence-corrected chi connectivity index (χ0v) is 22.7. The van der Waals surface area contributed by atoms with Gasteiger partial charge in [-0.15, -0.1) is 0 Å². The van der Waals surface area contributed by atoms with Crippen molar-refractivity contribution in [3.8, 4) is 0 Å². The molecule has 8 aliphatic carbocycles. The molecule has 5 fully saturated rings. The molecule has 0 aromatic heterocycles. The van der Waals surface area contributed by atoms with Gasteiger partial charge in [0.1, 0.15) is 23.1 Å². The van der Waals surface area contributed by atoms with Crippen LogP contribution in [0, 0.1) is 82.9 Å². The monoisotopic (exact) mass is 532 g/mol. The van der Waals surface area contributed by atoms with Crippen molar-refractivity contribution < 1.29 is 19.2 Å². The Bertz CT molecular complexity index is 1430. The van der Waals surface area contributed by atoms with Gasteiger partial charge in [-0.05, 0) is 79.6 Å². The lowest BCUT2D eigenvalue weighted by Crippen LogP contribution is -2.59. The Kier molecular flexibility index (Phi) is 4.96. The first-order valence-electron chi connectivity index (χ1n) is 15.8. The zero-order chi connectivity index (χ0) is 26.9. The van der Waals surface area contributed by atoms with Gasteiger partial charge in [-0.2, -0.15) is 0 Å². The van der Waals surface area contributed by atoms with E-state index in [4.69, 9.17) is 0 Å². The van der Waals surface area contributed by atoms with E-state index in [0.717, 1.165) is 25.7 Å². The van der Waals surface area contributed by atoms with Crippen molar-refractivity contribution in [2.75, 3.05) is 0 Å². The Labute approximate surface area is 235 Å². The molecule has 0 saturated heterocycles. The molecular weight excluding hydrogens is 496 g/mol. The van der Waals surface area contributed by atoms with Crippen molar-refractivity contribution in [3.63, 3.8) is 0 Å². The third-order valence-electron chi connectivity index (χ3n) is 12.9. The fraction of sp³-hybridized carbons (Fsp3) is 0.556. The van der Waals surface area contributed by atoms with Crippen LogP contribution in [0.4, 0.5) is 0 Å². The van der Waals surface area contributed by atoms with E-state index in [1.807, 2.05) is 6.07 Å². The number of fused-ring (bicyclic) bond motifs is 14. The molecule has 0 spiro atoms. The van der Waals surface area contributed by atoms with E-state index in [1.54, 1.807) is 0 Å². The maximum Gasteiger partial charge on any atom is 0.141 e. The van der Waals surface area contributed by atoms with Crippen LogP contribution in [0.3, 0.4) is 0 Å². The molecule has 204 valence electrons. The fourth-order valence-corrected chi connectivity index (χ4v) is 11.5. The molecular formula is C36H36O4. The summed E-state index contributed by atoms with van der Waals surface area (Å²) in [7, 11) is 0. The Hall–Kier alpha value is -2.88. The summed E-state index contributed by atoms with van der Waals surface area (Å²) in [6.45, 7) is 0. The Morgan fingerprint density at radius 3 is 1.73 bits per heavy atom. The number of rotatable bonds is 3. The molecule has 0 radical (unpaired) electrons. The van der Waals surface area contributed by atoms with Crippen molar-refractivity contribution in [3.05, 3.63) is 71.8 Å². The van der Waals surface area contributed by atoms with Crippen molar-refractivity contribution in [1.82, 2.24) is 0 Å². The molecule has 0 aliphatic heterocycles. The van der Waals surface area contributed by atoms with Crippen molar-refractivity contribution in [1.29, 1.82) is 0 Å². The quantitative estimate of drug-likeness (QED) is 0.500. The Morgan fingerprint density at radius 2 is 1.10 bits per heavy atom. The van der Waals surface area contributed by atoms with Gasteiger partial charge in [0.2, 0.25) is 0 Å². The smallest absolute Gasteiger partial charge is 0.141 e. The molecule has 4 nitrogen and oxygen atoms in total. The van der Waals surface area contributed by atoms with Crippen LogP contribution in [0.5, 0.6) is 0 Å². The summed E-state index contributed by atoms with van der Waals surface area (Å²) in [5, 5.41) is 0. The van der Waals surface area contributed by atoms with E-state index in [-0.39, 0.29) is 94.4 Å². The van der Waals surface area contributed by atoms with Crippen molar-refractivity contribution >= 4 is 23.1 Å². The maximum absolute atomic E-state index is 14.4. The highest BCUT2D eigenvalue weighted by atomic mass is 16.2. The second kappa shape index (κ2) is 8.33. The molecule has 4 unspecified atom stereocenters. The normalized spacial score (nSPS) is 49.0. The van der Waals surface area contributed by atoms with Gasteiger partial charge in [0.25, 0.3) is 0 Å². The first-order valence-corrected chi connectivity index (χ1v) is 15.8. The van der Waals surface area contributed by atoms with Crippen LogP contribution in [-0.2, 0) is 25.6 Å². The van der Waals surface area contributed by atoms with E-state index < -0.39 is 0 Å². The highest BCUT2D eigenvalue weighted by Crippen LogP contribution is 2.63. The summed E-state index contributed by atoms with van der Waals surface area (Å²) in [4.78, 5) is 56.9. The molecule has 4 heteroatoms. The minimum absolute atomic E-state index is 0.0223. The van der Waals surface area contributed by atoms with E-state index in [2.05, 4.69) is 54.6 Å². The number of hydrogen-bond acceptors (Lipinski definition) is 4. The van der Waals surface area contributed by atoms with E-state index >= 15 is 0 Å². The van der Waals surface area contributed by atoms with Gasteiger partial charge < -0.3 is 0 Å². The average Bonchev–Trinajstić information content (AvgIpc) is 3.78. The van der Waals surface area contributed by atoms with Gasteiger partial charge in [-0.1, -0.05) is 66.3 Å². The lowest BCUT2D eigenvalue weighted by Gasteiger charge is -2.54. The number of carbonyl (C=O) groups excluding carboxylic acids is 4. The van der Waals surface area contributed by atoms with E-state index in [9.17, 15) is 19.2 Å². The third kappa shape index (κ3) is 2.98. The van der Waals surface area contributed by atoms with Crippen LogP contribution in [0.25, 0.3) is 0 Å². The molecule has 1 aromatic carbocycles. The van der Waals surface area contributed by atoms with Gasteiger partial charge in [0.15, 0.2) is 0 Å².